The normalized spacial score (nSPS) is 13.7. The Labute approximate surface area is 60.7 Å². The predicted octanol–water partition coefficient (Wildman–Crippen LogP) is -0.0452. The van der Waals surface area contributed by atoms with Crippen LogP contribution in [0, 0.1) is 5.92 Å². The van der Waals surface area contributed by atoms with Gasteiger partial charge in [-0.2, -0.15) is 0 Å². The van der Waals surface area contributed by atoms with Crippen LogP contribution in [0.5, 0.6) is 0 Å². The van der Waals surface area contributed by atoms with E-state index in [0.717, 1.165) is 0 Å². The summed E-state index contributed by atoms with van der Waals surface area (Å²) in [5, 5.41) is 17.2. The van der Waals surface area contributed by atoms with Gasteiger partial charge in [-0.15, -0.1) is 0 Å². The van der Waals surface area contributed by atoms with Crippen molar-refractivity contribution in [1.82, 2.24) is 0 Å². The van der Waals surface area contributed by atoms with E-state index in [1.165, 1.54) is 0 Å². The molecule has 0 aliphatic carbocycles. The van der Waals surface area contributed by atoms with Gasteiger partial charge in [0.2, 0.25) is 0 Å². The average Bonchev–Trinajstić information content (AvgIpc) is 1.87. The fraction of sp³-hybridized carbons (Fsp3) is 0.857. The smallest absolute Gasteiger partial charge is 0.138 e. The van der Waals surface area contributed by atoms with Gasteiger partial charge in [-0.25, -0.2) is 0 Å². The van der Waals surface area contributed by atoms with Crippen molar-refractivity contribution in [3.8, 4) is 0 Å². The summed E-state index contributed by atoms with van der Waals surface area (Å²) < 4.78 is 0. The number of hydrogen-bond acceptors (Lipinski definition) is 3. The molecule has 0 rings (SSSR count). The van der Waals surface area contributed by atoms with Crippen LogP contribution in [0.25, 0.3) is 0 Å². The van der Waals surface area contributed by atoms with Crippen molar-refractivity contribution < 1.29 is 15.0 Å². The molecule has 0 radical (unpaired) electrons. The van der Waals surface area contributed by atoms with Crippen LogP contribution >= 0.6 is 0 Å². The Morgan fingerprint density at radius 3 is 2.30 bits per heavy atom. The number of hydrogen-bond donors (Lipinski definition) is 2. The highest BCUT2D eigenvalue weighted by Gasteiger charge is 2.12. The van der Waals surface area contributed by atoms with Crippen molar-refractivity contribution in [3.63, 3.8) is 0 Å². The van der Waals surface area contributed by atoms with Crippen molar-refractivity contribution in [2.45, 2.75) is 26.4 Å². The molecule has 0 saturated heterocycles. The molecule has 0 saturated carbocycles. The Morgan fingerprint density at radius 2 is 2.00 bits per heavy atom. The molecule has 3 heteroatoms. The molecule has 0 unspecified atom stereocenters. The van der Waals surface area contributed by atoms with Crippen LogP contribution in [-0.2, 0) is 4.79 Å². The summed E-state index contributed by atoms with van der Waals surface area (Å²) in [7, 11) is 0. The molecule has 0 aliphatic rings. The van der Waals surface area contributed by atoms with Gasteiger partial charge >= 0.3 is 0 Å². The molecule has 0 fully saturated rings. The van der Waals surface area contributed by atoms with Gasteiger partial charge in [0.05, 0.1) is 12.7 Å². The highest BCUT2D eigenvalue weighted by atomic mass is 16.3. The van der Waals surface area contributed by atoms with Gasteiger partial charge in [0, 0.05) is 12.3 Å². The molecule has 3 nitrogen and oxygen atoms in total. The number of ketones is 1. The molecule has 0 aliphatic heterocycles. The van der Waals surface area contributed by atoms with Gasteiger partial charge < -0.3 is 10.2 Å². The maximum atomic E-state index is 10.8. The average molecular weight is 146 g/mol. The second-order valence-corrected chi connectivity index (χ2v) is 2.66. The highest BCUT2D eigenvalue weighted by Crippen LogP contribution is 2.01. The topological polar surface area (TPSA) is 57.5 Å². The van der Waals surface area contributed by atoms with Crippen LogP contribution in [0.15, 0.2) is 0 Å². The van der Waals surface area contributed by atoms with Gasteiger partial charge in [-0.05, 0) is 0 Å². The standard InChI is InChI=1S/C7H14O3/c1-5(2)7(10)3-6(9)4-8/h5-6,8-9H,3-4H2,1-2H3/t6-/m1/s1. The zero-order valence-electron chi connectivity index (χ0n) is 6.37. The molecule has 0 heterocycles. The fourth-order valence-corrected chi connectivity index (χ4v) is 0.532. The summed E-state index contributed by atoms with van der Waals surface area (Å²) in [5.74, 6) is -0.0669. The number of Topliss-reactive ketones (excluding diaryl/α,β-unsaturated/α-hetero) is 1. The van der Waals surface area contributed by atoms with Gasteiger partial charge in [-0.3, -0.25) is 4.79 Å². The summed E-state index contributed by atoms with van der Waals surface area (Å²) in [4.78, 5) is 10.8. The second-order valence-electron chi connectivity index (χ2n) is 2.66. The van der Waals surface area contributed by atoms with Gasteiger partial charge in [0.25, 0.3) is 0 Å². The number of carbonyl (C=O) groups is 1. The summed E-state index contributed by atoms with van der Waals surface area (Å²) in [5.41, 5.74) is 0. The maximum absolute atomic E-state index is 10.8. The molecule has 60 valence electrons. The van der Waals surface area contributed by atoms with Crippen LogP contribution in [-0.4, -0.2) is 28.7 Å². The molecule has 0 aromatic carbocycles. The molecule has 0 amide bonds. The third-order valence-electron chi connectivity index (χ3n) is 1.29. The lowest BCUT2D eigenvalue weighted by atomic mass is 10.0. The highest BCUT2D eigenvalue weighted by molar-refractivity contribution is 5.80. The SMILES string of the molecule is CC(C)C(=O)C[C@@H](O)CO. The largest absolute Gasteiger partial charge is 0.394 e. The fourth-order valence-electron chi connectivity index (χ4n) is 0.532. The molecule has 0 aromatic heterocycles. The van der Waals surface area contributed by atoms with Gasteiger partial charge in [-0.1, -0.05) is 13.8 Å². The quantitative estimate of drug-likeness (QED) is 0.585. The monoisotopic (exact) mass is 146 g/mol. The molecule has 0 spiro atoms. The molecule has 10 heavy (non-hydrogen) atoms. The summed E-state index contributed by atoms with van der Waals surface area (Å²) in [6.45, 7) is 3.21. The van der Waals surface area contributed by atoms with E-state index in [0.29, 0.717) is 0 Å². The summed E-state index contributed by atoms with van der Waals surface area (Å²) in [6, 6.07) is 0. The minimum Gasteiger partial charge on any atom is -0.394 e. The van der Waals surface area contributed by atoms with Crippen molar-refractivity contribution in [3.05, 3.63) is 0 Å². The molecule has 0 aromatic rings. The number of rotatable bonds is 4. The summed E-state index contributed by atoms with van der Waals surface area (Å²) >= 11 is 0. The molecule has 2 N–H and O–H groups in total. The van der Waals surface area contributed by atoms with Gasteiger partial charge in [0.15, 0.2) is 0 Å². The predicted molar refractivity (Wildman–Crippen MR) is 37.6 cm³/mol. The molecule has 1 atom stereocenters. The maximum Gasteiger partial charge on any atom is 0.138 e. The first-order valence-electron chi connectivity index (χ1n) is 3.39. The Morgan fingerprint density at radius 1 is 1.50 bits per heavy atom. The van der Waals surface area contributed by atoms with E-state index >= 15 is 0 Å². The van der Waals surface area contributed by atoms with E-state index in [-0.39, 0.29) is 24.7 Å². The summed E-state index contributed by atoms with van der Waals surface area (Å²) in [6.07, 6.45) is -0.816. The molecule has 0 bridgehead atoms. The lowest BCUT2D eigenvalue weighted by molar-refractivity contribution is -0.124. The first kappa shape index (κ1) is 9.59. The number of carbonyl (C=O) groups excluding carboxylic acids is 1. The minimum atomic E-state index is -0.880. The molecular formula is C7H14O3. The van der Waals surface area contributed by atoms with Gasteiger partial charge in [0.1, 0.15) is 5.78 Å². The Bertz CT molecular complexity index is 109. The van der Waals surface area contributed by atoms with E-state index in [1.54, 1.807) is 13.8 Å². The van der Waals surface area contributed by atoms with Crippen molar-refractivity contribution in [2.75, 3.05) is 6.61 Å². The third kappa shape index (κ3) is 3.58. The van der Waals surface area contributed by atoms with E-state index < -0.39 is 6.10 Å². The zero-order valence-corrected chi connectivity index (χ0v) is 6.37. The molecular weight excluding hydrogens is 132 g/mol. The minimum absolute atomic E-state index is 0.0125. The first-order valence-corrected chi connectivity index (χ1v) is 3.39. The van der Waals surface area contributed by atoms with E-state index in [4.69, 9.17) is 10.2 Å². The first-order chi connectivity index (χ1) is 4.57. The van der Waals surface area contributed by atoms with E-state index in [9.17, 15) is 4.79 Å². The number of aliphatic hydroxyl groups excluding tert-OH is 2. The van der Waals surface area contributed by atoms with Crippen molar-refractivity contribution in [1.29, 1.82) is 0 Å². The zero-order chi connectivity index (χ0) is 8.15. The second kappa shape index (κ2) is 4.41. The third-order valence-corrected chi connectivity index (χ3v) is 1.29. The number of aliphatic hydroxyl groups is 2. The van der Waals surface area contributed by atoms with Crippen LogP contribution in [0.1, 0.15) is 20.3 Å². The lowest BCUT2D eigenvalue weighted by Crippen LogP contribution is -2.20. The van der Waals surface area contributed by atoms with Crippen molar-refractivity contribution in [2.24, 2.45) is 5.92 Å². The van der Waals surface area contributed by atoms with Crippen LogP contribution in [0.3, 0.4) is 0 Å². The van der Waals surface area contributed by atoms with Crippen molar-refractivity contribution >= 4 is 5.78 Å². The Hall–Kier alpha value is -0.410. The Balaban J connectivity index is 3.57. The van der Waals surface area contributed by atoms with E-state index in [1.807, 2.05) is 0 Å². The lowest BCUT2D eigenvalue weighted by Gasteiger charge is -2.07. The van der Waals surface area contributed by atoms with Crippen LogP contribution in [0.2, 0.25) is 0 Å². The van der Waals surface area contributed by atoms with Crippen LogP contribution in [0.4, 0.5) is 0 Å². The van der Waals surface area contributed by atoms with Crippen LogP contribution < -0.4 is 0 Å². The Kier molecular flexibility index (Phi) is 4.23. The van der Waals surface area contributed by atoms with E-state index in [2.05, 4.69) is 0 Å².